The van der Waals surface area contributed by atoms with Crippen molar-refractivity contribution in [1.29, 1.82) is 0 Å². The zero-order chi connectivity index (χ0) is 16.3. The van der Waals surface area contributed by atoms with Gasteiger partial charge in [0.1, 0.15) is 22.9 Å². The van der Waals surface area contributed by atoms with Crippen LogP contribution in [0, 0.1) is 12.7 Å². The minimum absolute atomic E-state index is 0.0259. The van der Waals surface area contributed by atoms with Crippen LogP contribution < -0.4 is 10.6 Å². The molecule has 0 radical (unpaired) electrons. The highest BCUT2D eigenvalue weighted by Gasteiger charge is 2.27. The minimum atomic E-state index is -1.35. The fraction of sp³-hybridized carbons (Fsp3) is 0.267. The average molecular weight is 327 g/mol. The van der Waals surface area contributed by atoms with Crippen LogP contribution >= 0.6 is 11.6 Å². The summed E-state index contributed by atoms with van der Waals surface area (Å²) in [5, 5.41) is 15.2. The molecule has 0 spiro atoms. The predicted molar refractivity (Wildman–Crippen MR) is 81.4 cm³/mol. The third-order valence-corrected chi connectivity index (χ3v) is 3.35. The van der Waals surface area contributed by atoms with Gasteiger partial charge in [0.05, 0.1) is 11.6 Å². The summed E-state index contributed by atoms with van der Waals surface area (Å²) in [7, 11) is 0. The fourth-order valence-electron chi connectivity index (χ4n) is 1.81. The smallest absolute Gasteiger partial charge is 0.319 e. The van der Waals surface area contributed by atoms with E-state index in [1.807, 2.05) is 0 Å². The van der Waals surface area contributed by atoms with E-state index in [1.54, 1.807) is 19.1 Å². The first-order valence-corrected chi connectivity index (χ1v) is 6.95. The first-order chi connectivity index (χ1) is 10.3. The molecule has 22 heavy (non-hydrogen) atoms. The van der Waals surface area contributed by atoms with E-state index in [-0.39, 0.29) is 17.3 Å². The van der Waals surface area contributed by atoms with E-state index >= 15 is 0 Å². The standard InChI is InChI=1S/C15H16ClFN2O3/c1-9-3-6-13(22-9)15(2,21)8-18-14(20)19-10-4-5-11(16)12(17)7-10/h3-7,21H,8H2,1-2H3,(H2,18,19,20). The number of carbonyl (C=O) groups is 1. The number of furan rings is 1. The number of nitrogens with one attached hydrogen (secondary N) is 2. The van der Waals surface area contributed by atoms with Gasteiger partial charge in [-0.2, -0.15) is 0 Å². The highest BCUT2D eigenvalue weighted by Crippen LogP contribution is 2.22. The Morgan fingerprint density at radius 2 is 2.14 bits per heavy atom. The molecule has 1 atom stereocenters. The number of halogens is 2. The number of hydrogen-bond donors (Lipinski definition) is 3. The quantitative estimate of drug-likeness (QED) is 0.806. The highest BCUT2D eigenvalue weighted by molar-refractivity contribution is 6.30. The Balaban J connectivity index is 1.93. The van der Waals surface area contributed by atoms with Gasteiger partial charge in [-0.05, 0) is 44.2 Å². The molecule has 1 unspecified atom stereocenters. The molecule has 7 heteroatoms. The molecule has 0 aliphatic carbocycles. The molecule has 0 fully saturated rings. The Bertz CT molecular complexity index is 685. The lowest BCUT2D eigenvalue weighted by Gasteiger charge is -2.21. The van der Waals surface area contributed by atoms with Crippen molar-refractivity contribution in [3.8, 4) is 0 Å². The van der Waals surface area contributed by atoms with Crippen LogP contribution in [0.3, 0.4) is 0 Å². The van der Waals surface area contributed by atoms with Crippen molar-refractivity contribution in [1.82, 2.24) is 5.32 Å². The molecular formula is C15H16ClFN2O3. The predicted octanol–water partition coefficient (Wildman–Crippen LogP) is 3.41. The van der Waals surface area contributed by atoms with Gasteiger partial charge < -0.3 is 20.2 Å². The molecule has 3 N–H and O–H groups in total. The van der Waals surface area contributed by atoms with Crippen LogP contribution in [0.15, 0.2) is 34.7 Å². The lowest BCUT2D eigenvalue weighted by Crippen LogP contribution is -2.40. The number of rotatable bonds is 4. The molecule has 5 nitrogen and oxygen atoms in total. The SMILES string of the molecule is Cc1ccc(C(C)(O)CNC(=O)Nc2ccc(Cl)c(F)c2)o1. The molecule has 1 heterocycles. The van der Waals surface area contributed by atoms with Crippen molar-refractivity contribution < 1.29 is 18.7 Å². The van der Waals surface area contributed by atoms with Crippen molar-refractivity contribution >= 4 is 23.3 Å². The summed E-state index contributed by atoms with van der Waals surface area (Å²) in [5.41, 5.74) is -1.09. The summed E-state index contributed by atoms with van der Waals surface area (Å²) in [6, 6.07) is 6.71. The largest absolute Gasteiger partial charge is 0.463 e. The van der Waals surface area contributed by atoms with Gasteiger partial charge in [0.25, 0.3) is 0 Å². The first kappa shape index (κ1) is 16.3. The van der Waals surface area contributed by atoms with E-state index in [2.05, 4.69) is 10.6 Å². The van der Waals surface area contributed by atoms with E-state index in [9.17, 15) is 14.3 Å². The average Bonchev–Trinajstić information content (AvgIpc) is 2.88. The second-order valence-corrected chi connectivity index (χ2v) is 5.53. The third kappa shape index (κ3) is 3.99. The molecule has 2 aromatic rings. The van der Waals surface area contributed by atoms with Crippen molar-refractivity contribution in [2.45, 2.75) is 19.4 Å². The fourth-order valence-corrected chi connectivity index (χ4v) is 1.93. The van der Waals surface area contributed by atoms with Gasteiger partial charge in [0.2, 0.25) is 0 Å². The van der Waals surface area contributed by atoms with E-state index < -0.39 is 17.4 Å². The Labute approximate surface area is 132 Å². The van der Waals surface area contributed by atoms with Gasteiger partial charge in [-0.15, -0.1) is 0 Å². The van der Waals surface area contributed by atoms with E-state index in [0.29, 0.717) is 11.5 Å². The number of anilines is 1. The Kier molecular flexibility index (Phi) is 4.73. The van der Waals surface area contributed by atoms with Crippen LogP contribution in [0.25, 0.3) is 0 Å². The molecule has 1 aromatic heterocycles. The number of aryl methyl sites for hydroxylation is 1. The van der Waals surface area contributed by atoms with Gasteiger partial charge in [0, 0.05) is 5.69 Å². The highest BCUT2D eigenvalue weighted by atomic mass is 35.5. The van der Waals surface area contributed by atoms with Crippen LogP contribution in [0.1, 0.15) is 18.4 Å². The molecule has 118 valence electrons. The van der Waals surface area contributed by atoms with Crippen molar-refractivity contribution in [3.63, 3.8) is 0 Å². The lowest BCUT2D eigenvalue weighted by atomic mass is 10.0. The summed E-state index contributed by atoms with van der Waals surface area (Å²) in [6.45, 7) is 3.21. The second kappa shape index (κ2) is 6.37. The Morgan fingerprint density at radius 1 is 1.41 bits per heavy atom. The lowest BCUT2D eigenvalue weighted by molar-refractivity contribution is 0.0364. The molecule has 0 aliphatic heterocycles. The number of carbonyl (C=O) groups excluding carboxylic acids is 1. The Hall–Kier alpha value is -2.05. The minimum Gasteiger partial charge on any atom is -0.463 e. The maximum absolute atomic E-state index is 13.3. The molecule has 0 saturated heterocycles. The Morgan fingerprint density at radius 3 is 2.73 bits per heavy atom. The number of amides is 2. The monoisotopic (exact) mass is 326 g/mol. The van der Waals surface area contributed by atoms with E-state index in [1.165, 1.54) is 19.1 Å². The zero-order valence-electron chi connectivity index (χ0n) is 12.1. The normalized spacial score (nSPS) is 13.5. The summed E-state index contributed by atoms with van der Waals surface area (Å²) < 4.78 is 18.6. The van der Waals surface area contributed by atoms with Crippen LogP contribution in [0.4, 0.5) is 14.9 Å². The summed E-state index contributed by atoms with van der Waals surface area (Å²) in [4.78, 5) is 11.8. The molecular weight excluding hydrogens is 311 g/mol. The first-order valence-electron chi connectivity index (χ1n) is 6.57. The van der Waals surface area contributed by atoms with Gasteiger partial charge >= 0.3 is 6.03 Å². The molecule has 2 rings (SSSR count). The van der Waals surface area contributed by atoms with Gasteiger partial charge in [-0.25, -0.2) is 9.18 Å². The van der Waals surface area contributed by atoms with E-state index in [0.717, 1.165) is 6.07 Å². The maximum atomic E-state index is 13.3. The molecule has 0 bridgehead atoms. The van der Waals surface area contributed by atoms with Crippen LogP contribution in [-0.4, -0.2) is 17.7 Å². The van der Waals surface area contributed by atoms with Crippen LogP contribution in [0.2, 0.25) is 5.02 Å². The van der Waals surface area contributed by atoms with Crippen molar-refractivity contribution in [2.24, 2.45) is 0 Å². The van der Waals surface area contributed by atoms with Gasteiger partial charge in [-0.3, -0.25) is 0 Å². The summed E-state index contributed by atoms with van der Waals surface area (Å²) in [6.07, 6.45) is 0. The number of benzene rings is 1. The van der Waals surface area contributed by atoms with Crippen LogP contribution in [-0.2, 0) is 5.60 Å². The number of aliphatic hydroxyl groups is 1. The molecule has 0 aliphatic rings. The van der Waals surface area contributed by atoms with E-state index in [4.69, 9.17) is 16.0 Å². The summed E-state index contributed by atoms with van der Waals surface area (Å²) >= 11 is 5.56. The molecule has 0 saturated carbocycles. The molecule has 1 aromatic carbocycles. The summed E-state index contributed by atoms with van der Waals surface area (Å²) in [5.74, 6) is 0.386. The maximum Gasteiger partial charge on any atom is 0.319 e. The van der Waals surface area contributed by atoms with Crippen molar-refractivity contribution in [2.75, 3.05) is 11.9 Å². The van der Waals surface area contributed by atoms with Crippen LogP contribution in [0.5, 0.6) is 0 Å². The van der Waals surface area contributed by atoms with Crippen molar-refractivity contribution in [3.05, 3.63) is 52.7 Å². The zero-order valence-corrected chi connectivity index (χ0v) is 12.9. The molecule has 2 amide bonds. The number of hydrogen-bond acceptors (Lipinski definition) is 3. The second-order valence-electron chi connectivity index (χ2n) is 5.12. The van der Waals surface area contributed by atoms with Gasteiger partial charge in [-0.1, -0.05) is 11.6 Å². The number of urea groups is 1. The van der Waals surface area contributed by atoms with Gasteiger partial charge in [0.15, 0.2) is 0 Å². The topological polar surface area (TPSA) is 74.5 Å². The third-order valence-electron chi connectivity index (χ3n) is 3.04.